The largest absolute Gasteiger partial charge is 0.352 e. The van der Waals surface area contributed by atoms with Crippen molar-refractivity contribution in [2.45, 2.75) is 32.2 Å². The van der Waals surface area contributed by atoms with Crippen LogP contribution in [0.5, 0.6) is 0 Å². The van der Waals surface area contributed by atoms with Gasteiger partial charge in [-0.1, -0.05) is 30.4 Å². The molecule has 2 rings (SSSR count). The summed E-state index contributed by atoms with van der Waals surface area (Å²) in [6.45, 7) is 1.96. The Balaban J connectivity index is 2.07. The molecule has 0 unspecified atom stereocenters. The number of carbonyl (C=O) groups excluding carboxylic acids is 1. The van der Waals surface area contributed by atoms with Crippen LogP contribution in [0.1, 0.15) is 30.0 Å². The summed E-state index contributed by atoms with van der Waals surface area (Å²) in [5.41, 5.74) is 9.06. The number of benzene rings is 1. The summed E-state index contributed by atoms with van der Waals surface area (Å²) in [6, 6.07) is 6.12. The molecule has 90 valence electrons. The fourth-order valence-electron chi connectivity index (χ4n) is 2.26. The van der Waals surface area contributed by atoms with Crippen LogP contribution < -0.4 is 11.1 Å². The van der Waals surface area contributed by atoms with Gasteiger partial charge in [0, 0.05) is 6.04 Å². The third kappa shape index (κ3) is 3.09. The lowest BCUT2D eigenvalue weighted by atomic mass is 9.94. The summed E-state index contributed by atoms with van der Waals surface area (Å²) in [6.07, 6.45) is 7.43. The van der Waals surface area contributed by atoms with E-state index >= 15 is 0 Å². The van der Waals surface area contributed by atoms with E-state index in [4.69, 9.17) is 5.73 Å². The third-order valence-corrected chi connectivity index (χ3v) is 3.02. The Morgan fingerprint density at radius 3 is 3.12 bits per heavy atom. The van der Waals surface area contributed by atoms with Crippen LogP contribution in [0.3, 0.4) is 0 Å². The van der Waals surface area contributed by atoms with Crippen molar-refractivity contribution in [2.75, 3.05) is 0 Å². The minimum atomic E-state index is -0.460. The zero-order chi connectivity index (χ0) is 12.3. The van der Waals surface area contributed by atoms with Crippen LogP contribution in [0.25, 0.3) is 6.08 Å². The van der Waals surface area contributed by atoms with Crippen LogP contribution in [0.15, 0.2) is 24.3 Å². The predicted molar refractivity (Wildman–Crippen MR) is 69.7 cm³/mol. The number of carbonyl (C=O) groups is 1. The number of nitrogens with one attached hydrogen (secondary N) is 1. The number of hydrogen-bond donors (Lipinski definition) is 2. The van der Waals surface area contributed by atoms with Gasteiger partial charge < -0.3 is 11.1 Å². The van der Waals surface area contributed by atoms with E-state index in [-0.39, 0.29) is 6.04 Å². The maximum absolute atomic E-state index is 10.7. The Hall–Kier alpha value is -1.77. The molecule has 1 atom stereocenters. The summed E-state index contributed by atoms with van der Waals surface area (Å²) in [5, 5.41) is 2.70. The van der Waals surface area contributed by atoms with E-state index in [0.29, 0.717) is 0 Å². The smallest absolute Gasteiger partial charge is 0.312 e. The van der Waals surface area contributed by atoms with Crippen molar-refractivity contribution in [3.63, 3.8) is 0 Å². The highest BCUT2D eigenvalue weighted by Gasteiger charge is 2.08. The van der Waals surface area contributed by atoms with Crippen LogP contribution in [-0.2, 0) is 12.8 Å². The number of amides is 2. The van der Waals surface area contributed by atoms with Gasteiger partial charge >= 0.3 is 6.03 Å². The van der Waals surface area contributed by atoms with Crippen LogP contribution >= 0.6 is 0 Å². The molecule has 3 N–H and O–H groups in total. The average molecular weight is 230 g/mol. The summed E-state index contributed by atoms with van der Waals surface area (Å²) in [7, 11) is 0. The minimum absolute atomic E-state index is 0.0738. The number of urea groups is 1. The predicted octanol–water partition coefficient (Wildman–Crippen LogP) is 2.25. The molecule has 0 bridgehead atoms. The molecule has 0 saturated carbocycles. The van der Waals surface area contributed by atoms with E-state index < -0.39 is 6.03 Å². The molecule has 0 radical (unpaired) electrons. The zero-order valence-corrected chi connectivity index (χ0v) is 10.1. The van der Waals surface area contributed by atoms with Crippen molar-refractivity contribution < 1.29 is 4.79 Å². The highest BCUT2D eigenvalue weighted by molar-refractivity contribution is 5.71. The van der Waals surface area contributed by atoms with Crippen LogP contribution in [0.4, 0.5) is 4.79 Å². The lowest BCUT2D eigenvalue weighted by Crippen LogP contribution is -2.37. The Bertz CT molecular complexity index is 452. The van der Waals surface area contributed by atoms with Crippen LogP contribution in [0, 0.1) is 0 Å². The quantitative estimate of drug-likeness (QED) is 0.822. The lowest BCUT2D eigenvalue weighted by Gasteiger charge is -2.15. The zero-order valence-electron chi connectivity index (χ0n) is 10.1. The molecule has 3 nitrogen and oxygen atoms in total. The highest BCUT2D eigenvalue weighted by atomic mass is 16.2. The van der Waals surface area contributed by atoms with Crippen molar-refractivity contribution >= 4 is 12.1 Å². The number of aryl methyl sites for hydroxylation is 1. The highest BCUT2D eigenvalue weighted by Crippen LogP contribution is 2.21. The summed E-state index contributed by atoms with van der Waals surface area (Å²) in [5.74, 6) is 0. The SMILES string of the molecule is C[C@@H](Cc1ccc2c(c1)CCC=C2)NC(N)=O. The Morgan fingerprint density at radius 1 is 1.53 bits per heavy atom. The van der Waals surface area contributed by atoms with Gasteiger partial charge in [-0.05, 0) is 42.9 Å². The van der Waals surface area contributed by atoms with E-state index in [9.17, 15) is 4.79 Å². The van der Waals surface area contributed by atoms with Gasteiger partial charge in [-0.3, -0.25) is 0 Å². The van der Waals surface area contributed by atoms with Crippen LogP contribution in [0.2, 0.25) is 0 Å². The molecule has 17 heavy (non-hydrogen) atoms. The van der Waals surface area contributed by atoms with E-state index in [2.05, 4.69) is 35.7 Å². The molecule has 0 heterocycles. The molecule has 0 aromatic heterocycles. The van der Waals surface area contributed by atoms with Gasteiger partial charge in [-0.2, -0.15) is 0 Å². The molecule has 0 aliphatic heterocycles. The molecule has 0 saturated heterocycles. The normalized spacial score (nSPS) is 15.1. The maximum atomic E-state index is 10.7. The number of hydrogen-bond acceptors (Lipinski definition) is 1. The average Bonchev–Trinajstić information content (AvgIpc) is 2.27. The van der Waals surface area contributed by atoms with Gasteiger partial charge in [-0.25, -0.2) is 4.79 Å². The first-order chi connectivity index (χ1) is 8.15. The Morgan fingerprint density at radius 2 is 2.35 bits per heavy atom. The Kier molecular flexibility index (Phi) is 3.47. The van der Waals surface area contributed by atoms with Crippen molar-refractivity contribution in [3.05, 3.63) is 41.0 Å². The summed E-state index contributed by atoms with van der Waals surface area (Å²) >= 11 is 0. The number of allylic oxidation sites excluding steroid dienone is 1. The molecule has 0 spiro atoms. The van der Waals surface area contributed by atoms with E-state index in [1.165, 1.54) is 16.7 Å². The first-order valence-corrected chi connectivity index (χ1v) is 5.99. The molecule has 1 aliphatic rings. The van der Waals surface area contributed by atoms with Gasteiger partial charge in [0.1, 0.15) is 0 Å². The van der Waals surface area contributed by atoms with Gasteiger partial charge in [0.2, 0.25) is 0 Å². The summed E-state index contributed by atoms with van der Waals surface area (Å²) in [4.78, 5) is 10.7. The first-order valence-electron chi connectivity index (χ1n) is 5.99. The fourth-order valence-corrected chi connectivity index (χ4v) is 2.26. The minimum Gasteiger partial charge on any atom is -0.352 e. The number of fused-ring (bicyclic) bond motifs is 1. The topological polar surface area (TPSA) is 55.1 Å². The maximum Gasteiger partial charge on any atom is 0.312 e. The molecule has 1 aromatic rings. The molecular weight excluding hydrogens is 212 g/mol. The summed E-state index contributed by atoms with van der Waals surface area (Å²) < 4.78 is 0. The molecule has 0 fully saturated rings. The second kappa shape index (κ2) is 5.04. The standard InChI is InChI=1S/C14H18N2O/c1-10(16-14(15)17)8-11-6-7-12-4-2-3-5-13(12)9-11/h2,4,6-7,9-10H,3,5,8H2,1H3,(H3,15,16,17)/t10-/m0/s1. The second-order valence-electron chi connectivity index (χ2n) is 4.59. The van der Waals surface area contributed by atoms with Crippen molar-refractivity contribution in [1.29, 1.82) is 0 Å². The van der Waals surface area contributed by atoms with E-state index in [1.54, 1.807) is 0 Å². The second-order valence-corrected chi connectivity index (χ2v) is 4.59. The third-order valence-electron chi connectivity index (χ3n) is 3.02. The first kappa shape index (κ1) is 11.7. The fraction of sp³-hybridized carbons (Fsp3) is 0.357. The van der Waals surface area contributed by atoms with E-state index in [0.717, 1.165) is 19.3 Å². The van der Waals surface area contributed by atoms with Crippen molar-refractivity contribution in [3.8, 4) is 0 Å². The van der Waals surface area contributed by atoms with Gasteiger partial charge in [0.25, 0.3) is 0 Å². The van der Waals surface area contributed by atoms with Crippen molar-refractivity contribution in [1.82, 2.24) is 5.32 Å². The molecule has 1 aliphatic carbocycles. The molecule has 3 heteroatoms. The molecule has 2 amide bonds. The number of nitrogens with two attached hydrogens (primary N) is 1. The van der Waals surface area contributed by atoms with Gasteiger partial charge in [0.05, 0.1) is 0 Å². The van der Waals surface area contributed by atoms with Crippen molar-refractivity contribution in [2.24, 2.45) is 5.73 Å². The van der Waals surface area contributed by atoms with Crippen LogP contribution in [-0.4, -0.2) is 12.1 Å². The molecular formula is C14H18N2O. The van der Waals surface area contributed by atoms with Gasteiger partial charge in [-0.15, -0.1) is 0 Å². The van der Waals surface area contributed by atoms with E-state index in [1.807, 2.05) is 6.92 Å². The number of rotatable bonds is 3. The number of primary amides is 1. The van der Waals surface area contributed by atoms with Gasteiger partial charge in [0.15, 0.2) is 0 Å². The lowest BCUT2D eigenvalue weighted by molar-refractivity contribution is 0.246. The molecule has 1 aromatic carbocycles. The monoisotopic (exact) mass is 230 g/mol. The Labute approximate surface area is 102 Å².